The van der Waals surface area contributed by atoms with Crippen LogP contribution >= 0.6 is 0 Å². The SMILES string of the molecule is CCNC(=NCC1CCN(C2CC2)C1)NCCC(F)(F)F. The molecule has 1 saturated carbocycles. The topological polar surface area (TPSA) is 39.7 Å². The quantitative estimate of drug-likeness (QED) is 0.582. The highest BCUT2D eigenvalue weighted by molar-refractivity contribution is 5.79. The van der Waals surface area contributed by atoms with Gasteiger partial charge in [0.2, 0.25) is 0 Å². The molecular formula is C14H25F3N4. The smallest absolute Gasteiger partial charge is 0.357 e. The van der Waals surface area contributed by atoms with E-state index in [1.165, 1.54) is 12.8 Å². The largest absolute Gasteiger partial charge is 0.390 e. The molecule has 2 fully saturated rings. The van der Waals surface area contributed by atoms with E-state index in [2.05, 4.69) is 20.5 Å². The van der Waals surface area contributed by atoms with Crippen LogP contribution in [0.25, 0.3) is 0 Å². The van der Waals surface area contributed by atoms with E-state index >= 15 is 0 Å². The number of guanidine groups is 1. The van der Waals surface area contributed by atoms with Crippen molar-refractivity contribution in [3.05, 3.63) is 0 Å². The third-order valence-corrected chi connectivity index (χ3v) is 3.93. The first-order chi connectivity index (χ1) is 9.98. The van der Waals surface area contributed by atoms with Crippen molar-refractivity contribution in [3.8, 4) is 0 Å². The lowest BCUT2D eigenvalue weighted by molar-refractivity contribution is -0.132. The highest BCUT2D eigenvalue weighted by Gasteiger charge is 2.34. The van der Waals surface area contributed by atoms with E-state index in [0.717, 1.165) is 25.6 Å². The molecule has 7 heteroatoms. The lowest BCUT2D eigenvalue weighted by Crippen LogP contribution is -2.39. The molecular weight excluding hydrogens is 281 g/mol. The summed E-state index contributed by atoms with van der Waals surface area (Å²) in [4.78, 5) is 6.95. The van der Waals surface area contributed by atoms with Crippen LogP contribution in [0.3, 0.4) is 0 Å². The Kier molecular flexibility index (Phi) is 5.72. The Balaban J connectivity index is 1.72. The van der Waals surface area contributed by atoms with Gasteiger partial charge in [-0.25, -0.2) is 0 Å². The molecule has 21 heavy (non-hydrogen) atoms. The summed E-state index contributed by atoms with van der Waals surface area (Å²) in [5.74, 6) is 1.02. The normalized spacial score (nSPS) is 24.4. The highest BCUT2D eigenvalue weighted by Crippen LogP contribution is 2.31. The molecule has 1 saturated heterocycles. The second-order valence-electron chi connectivity index (χ2n) is 5.89. The first kappa shape index (κ1) is 16.4. The minimum atomic E-state index is -4.12. The predicted molar refractivity (Wildman–Crippen MR) is 77.4 cm³/mol. The summed E-state index contributed by atoms with van der Waals surface area (Å²) in [6, 6.07) is 0.789. The number of aliphatic imine (C=N–C) groups is 1. The van der Waals surface area contributed by atoms with Gasteiger partial charge >= 0.3 is 6.18 Å². The maximum absolute atomic E-state index is 12.1. The van der Waals surface area contributed by atoms with Crippen LogP contribution in [-0.2, 0) is 0 Å². The molecule has 1 heterocycles. The van der Waals surface area contributed by atoms with E-state index in [4.69, 9.17) is 0 Å². The molecule has 2 aliphatic rings. The molecule has 1 atom stereocenters. The van der Waals surface area contributed by atoms with Crippen LogP contribution in [0.1, 0.15) is 32.6 Å². The van der Waals surface area contributed by atoms with Crippen LogP contribution in [0.4, 0.5) is 13.2 Å². The van der Waals surface area contributed by atoms with Gasteiger partial charge in [0.15, 0.2) is 5.96 Å². The Morgan fingerprint density at radius 2 is 2.00 bits per heavy atom. The summed E-state index contributed by atoms with van der Waals surface area (Å²) < 4.78 is 36.4. The summed E-state index contributed by atoms with van der Waals surface area (Å²) in [5.41, 5.74) is 0. The van der Waals surface area contributed by atoms with Crippen LogP contribution in [0, 0.1) is 5.92 Å². The van der Waals surface area contributed by atoms with Gasteiger partial charge in [-0.2, -0.15) is 13.2 Å². The highest BCUT2D eigenvalue weighted by atomic mass is 19.4. The summed E-state index contributed by atoms with van der Waals surface area (Å²) in [6.45, 7) is 5.33. The number of likely N-dealkylation sites (tertiary alicyclic amines) is 1. The zero-order valence-electron chi connectivity index (χ0n) is 12.5. The van der Waals surface area contributed by atoms with Gasteiger partial charge in [-0.05, 0) is 38.6 Å². The van der Waals surface area contributed by atoms with Crippen molar-refractivity contribution in [2.75, 3.05) is 32.7 Å². The minimum absolute atomic E-state index is 0.131. The summed E-state index contributed by atoms with van der Waals surface area (Å²) in [7, 11) is 0. The van der Waals surface area contributed by atoms with Crippen molar-refractivity contribution >= 4 is 5.96 Å². The molecule has 4 nitrogen and oxygen atoms in total. The lowest BCUT2D eigenvalue weighted by atomic mass is 10.1. The molecule has 2 rings (SSSR count). The zero-order chi connectivity index (χ0) is 15.3. The van der Waals surface area contributed by atoms with E-state index in [0.29, 0.717) is 25.0 Å². The van der Waals surface area contributed by atoms with Gasteiger partial charge in [0.1, 0.15) is 0 Å². The van der Waals surface area contributed by atoms with Crippen molar-refractivity contribution < 1.29 is 13.2 Å². The monoisotopic (exact) mass is 306 g/mol. The first-order valence-corrected chi connectivity index (χ1v) is 7.81. The van der Waals surface area contributed by atoms with Gasteiger partial charge in [-0.15, -0.1) is 0 Å². The van der Waals surface area contributed by atoms with Crippen molar-refractivity contribution in [1.29, 1.82) is 0 Å². The average Bonchev–Trinajstić information content (AvgIpc) is 3.14. The van der Waals surface area contributed by atoms with Crippen LogP contribution < -0.4 is 10.6 Å². The van der Waals surface area contributed by atoms with E-state index in [1.54, 1.807) is 0 Å². The molecule has 0 aromatic carbocycles. The Morgan fingerprint density at radius 1 is 1.24 bits per heavy atom. The summed E-state index contributed by atoms with van der Waals surface area (Å²) in [6.07, 6.45) is -1.19. The number of nitrogens with zero attached hydrogens (tertiary/aromatic N) is 2. The Hall–Kier alpha value is -0.980. The van der Waals surface area contributed by atoms with Gasteiger partial charge in [-0.3, -0.25) is 4.99 Å². The Labute approximate surface area is 124 Å². The Bertz CT molecular complexity index is 353. The van der Waals surface area contributed by atoms with E-state index < -0.39 is 12.6 Å². The number of hydrogen-bond donors (Lipinski definition) is 2. The van der Waals surface area contributed by atoms with Crippen LogP contribution in [0.15, 0.2) is 4.99 Å². The number of halogens is 3. The number of nitrogens with one attached hydrogen (secondary N) is 2. The molecule has 0 bridgehead atoms. The van der Waals surface area contributed by atoms with Gasteiger partial charge < -0.3 is 15.5 Å². The molecule has 0 aromatic rings. The maximum atomic E-state index is 12.1. The summed E-state index contributed by atoms with van der Waals surface area (Å²) in [5, 5.41) is 5.75. The van der Waals surface area contributed by atoms with Gasteiger partial charge in [-0.1, -0.05) is 0 Å². The Morgan fingerprint density at radius 3 is 2.62 bits per heavy atom. The second-order valence-corrected chi connectivity index (χ2v) is 5.89. The van der Waals surface area contributed by atoms with Crippen LogP contribution in [0.2, 0.25) is 0 Å². The van der Waals surface area contributed by atoms with Crippen molar-refractivity contribution in [3.63, 3.8) is 0 Å². The molecule has 1 unspecified atom stereocenters. The van der Waals surface area contributed by atoms with E-state index in [1.807, 2.05) is 6.92 Å². The van der Waals surface area contributed by atoms with E-state index in [-0.39, 0.29) is 6.54 Å². The molecule has 0 spiro atoms. The molecule has 1 aliphatic heterocycles. The number of rotatable bonds is 6. The molecule has 122 valence electrons. The number of hydrogen-bond acceptors (Lipinski definition) is 2. The fraction of sp³-hybridized carbons (Fsp3) is 0.929. The van der Waals surface area contributed by atoms with Crippen molar-refractivity contribution in [2.24, 2.45) is 10.9 Å². The fourth-order valence-corrected chi connectivity index (χ4v) is 2.67. The minimum Gasteiger partial charge on any atom is -0.357 e. The lowest BCUT2D eigenvalue weighted by Gasteiger charge is -2.15. The number of alkyl halides is 3. The molecule has 0 radical (unpaired) electrons. The van der Waals surface area contributed by atoms with E-state index in [9.17, 15) is 13.2 Å². The van der Waals surface area contributed by atoms with Crippen molar-refractivity contribution in [2.45, 2.75) is 44.8 Å². The molecule has 2 N–H and O–H groups in total. The van der Waals surface area contributed by atoms with Crippen LogP contribution in [-0.4, -0.2) is 55.8 Å². The zero-order valence-corrected chi connectivity index (χ0v) is 12.5. The second kappa shape index (κ2) is 7.33. The predicted octanol–water partition coefficient (Wildman–Crippen LogP) is 1.98. The first-order valence-electron chi connectivity index (χ1n) is 7.81. The van der Waals surface area contributed by atoms with Crippen LogP contribution in [0.5, 0.6) is 0 Å². The fourth-order valence-electron chi connectivity index (χ4n) is 2.67. The average molecular weight is 306 g/mol. The van der Waals surface area contributed by atoms with Gasteiger partial charge in [0, 0.05) is 32.2 Å². The van der Waals surface area contributed by atoms with Crippen molar-refractivity contribution in [1.82, 2.24) is 15.5 Å². The van der Waals surface area contributed by atoms with Gasteiger partial charge in [0.05, 0.1) is 6.42 Å². The molecule has 0 aromatic heterocycles. The standard InChI is InChI=1S/C14H25F3N4/c1-2-18-13(19-7-6-14(15,16)17)20-9-11-5-8-21(10-11)12-3-4-12/h11-12H,2-10H2,1H3,(H2,18,19,20). The summed E-state index contributed by atoms with van der Waals surface area (Å²) >= 11 is 0. The molecule has 0 amide bonds. The molecule has 1 aliphatic carbocycles. The third-order valence-electron chi connectivity index (χ3n) is 3.93. The third kappa shape index (κ3) is 6.11. The maximum Gasteiger partial charge on any atom is 0.390 e. The van der Waals surface area contributed by atoms with Gasteiger partial charge in [0.25, 0.3) is 0 Å².